The van der Waals surface area contributed by atoms with Crippen molar-refractivity contribution < 1.29 is 13.3 Å². The lowest BCUT2D eigenvalue weighted by Crippen LogP contribution is -2.50. The topological polar surface area (TPSA) is 27.7 Å². The number of rotatable bonds is 10. The second kappa shape index (κ2) is 9.45. The molecule has 0 aliphatic rings. The zero-order valence-corrected chi connectivity index (χ0v) is 16.0. The molecule has 1 aromatic rings. The van der Waals surface area contributed by atoms with Gasteiger partial charge in [0.15, 0.2) is 0 Å². The smallest absolute Gasteiger partial charge is 0.371 e. The molecular formula is C18H32O3Si. The molecule has 22 heavy (non-hydrogen) atoms. The van der Waals surface area contributed by atoms with Crippen molar-refractivity contribution in [1.82, 2.24) is 0 Å². The van der Waals surface area contributed by atoms with Gasteiger partial charge in [-0.2, -0.15) is 0 Å². The Morgan fingerprint density at radius 3 is 1.64 bits per heavy atom. The first kappa shape index (κ1) is 19.4. The predicted molar refractivity (Wildman–Crippen MR) is 94.0 cm³/mol. The molecule has 0 saturated carbocycles. The number of aryl methyl sites for hydroxylation is 1. The van der Waals surface area contributed by atoms with Crippen LogP contribution in [0.1, 0.15) is 53.5 Å². The normalized spacial score (nSPS) is 12.6. The lowest BCUT2D eigenvalue weighted by atomic mass is 10.1. The van der Waals surface area contributed by atoms with E-state index in [9.17, 15) is 0 Å². The third-order valence-electron chi connectivity index (χ3n) is 3.04. The number of hydrogen-bond acceptors (Lipinski definition) is 3. The molecule has 0 unspecified atom stereocenters. The first-order valence-electron chi connectivity index (χ1n) is 8.40. The van der Waals surface area contributed by atoms with Crippen LogP contribution in [0.25, 0.3) is 0 Å². The van der Waals surface area contributed by atoms with Gasteiger partial charge in [-0.1, -0.05) is 30.3 Å². The highest BCUT2D eigenvalue weighted by molar-refractivity contribution is 6.60. The van der Waals surface area contributed by atoms with E-state index in [1.54, 1.807) is 0 Å². The Morgan fingerprint density at radius 1 is 0.773 bits per heavy atom. The van der Waals surface area contributed by atoms with Gasteiger partial charge in [0.05, 0.1) is 0 Å². The lowest BCUT2D eigenvalue weighted by molar-refractivity contribution is 0.00292. The molecule has 0 heterocycles. The quantitative estimate of drug-likeness (QED) is 0.577. The second-order valence-electron chi connectivity index (χ2n) is 6.52. The van der Waals surface area contributed by atoms with Crippen molar-refractivity contribution in [1.29, 1.82) is 0 Å². The van der Waals surface area contributed by atoms with E-state index in [4.69, 9.17) is 13.3 Å². The van der Waals surface area contributed by atoms with Crippen molar-refractivity contribution in [2.45, 2.75) is 78.7 Å². The van der Waals surface area contributed by atoms with Crippen LogP contribution in [0.3, 0.4) is 0 Å². The molecule has 126 valence electrons. The molecule has 3 nitrogen and oxygen atoms in total. The van der Waals surface area contributed by atoms with E-state index in [1.165, 1.54) is 5.56 Å². The summed E-state index contributed by atoms with van der Waals surface area (Å²) in [6, 6.07) is 11.4. The molecule has 0 radical (unpaired) electrons. The Bertz CT molecular complexity index is 378. The first-order valence-corrected chi connectivity index (χ1v) is 10.3. The highest BCUT2D eigenvalue weighted by Gasteiger charge is 2.43. The lowest BCUT2D eigenvalue weighted by Gasteiger charge is -2.34. The van der Waals surface area contributed by atoms with Crippen LogP contribution in [-0.4, -0.2) is 27.1 Å². The Hall–Kier alpha value is -0.683. The minimum atomic E-state index is -2.64. The Labute approximate surface area is 137 Å². The SMILES string of the molecule is CC(C)O[Si](CCCc1ccccc1)(OC(C)C)OC(C)C. The molecule has 0 atom stereocenters. The van der Waals surface area contributed by atoms with E-state index in [0.717, 1.165) is 18.9 Å². The molecule has 0 N–H and O–H groups in total. The highest BCUT2D eigenvalue weighted by atomic mass is 28.4. The van der Waals surface area contributed by atoms with Crippen LogP contribution in [0.15, 0.2) is 30.3 Å². The van der Waals surface area contributed by atoms with Crippen molar-refractivity contribution in [2.24, 2.45) is 0 Å². The van der Waals surface area contributed by atoms with E-state index in [2.05, 4.69) is 24.3 Å². The van der Waals surface area contributed by atoms with Crippen LogP contribution in [-0.2, 0) is 19.7 Å². The van der Waals surface area contributed by atoms with E-state index in [-0.39, 0.29) is 18.3 Å². The van der Waals surface area contributed by atoms with Crippen LogP contribution in [0.2, 0.25) is 6.04 Å². The van der Waals surface area contributed by atoms with Gasteiger partial charge in [0, 0.05) is 24.4 Å². The molecule has 0 aliphatic carbocycles. The maximum Gasteiger partial charge on any atom is 0.501 e. The predicted octanol–water partition coefficient (Wildman–Crippen LogP) is 4.83. The zero-order chi connectivity index (χ0) is 16.6. The third-order valence-corrected chi connectivity index (χ3v) is 6.49. The summed E-state index contributed by atoms with van der Waals surface area (Å²) in [6.45, 7) is 12.3. The minimum absolute atomic E-state index is 0.112. The van der Waals surface area contributed by atoms with Gasteiger partial charge in [-0.05, 0) is 59.9 Å². The van der Waals surface area contributed by atoms with Gasteiger partial charge < -0.3 is 13.3 Å². The van der Waals surface area contributed by atoms with Crippen molar-refractivity contribution in [2.75, 3.05) is 0 Å². The van der Waals surface area contributed by atoms with Gasteiger partial charge in [0.25, 0.3) is 0 Å². The van der Waals surface area contributed by atoms with Crippen LogP contribution < -0.4 is 0 Å². The summed E-state index contributed by atoms with van der Waals surface area (Å²) in [6.07, 6.45) is 2.38. The summed E-state index contributed by atoms with van der Waals surface area (Å²) < 4.78 is 18.6. The standard InChI is InChI=1S/C18H32O3Si/c1-15(2)19-22(20-16(3)4,21-17(5)6)14-10-13-18-11-8-7-9-12-18/h7-9,11-12,15-17H,10,13-14H2,1-6H3. The van der Waals surface area contributed by atoms with Crippen molar-refractivity contribution in [3.63, 3.8) is 0 Å². The van der Waals surface area contributed by atoms with E-state index >= 15 is 0 Å². The van der Waals surface area contributed by atoms with E-state index in [0.29, 0.717) is 0 Å². The van der Waals surface area contributed by atoms with Gasteiger partial charge in [0.1, 0.15) is 0 Å². The Morgan fingerprint density at radius 2 is 1.23 bits per heavy atom. The summed E-state index contributed by atoms with van der Waals surface area (Å²) in [4.78, 5) is 0. The van der Waals surface area contributed by atoms with Crippen molar-refractivity contribution in [3.8, 4) is 0 Å². The molecule has 4 heteroatoms. The first-order chi connectivity index (χ1) is 10.3. The monoisotopic (exact) mass is 324 g/mol. The van der Waals surface area contributed by atoms with Crippen molar-refractivity contribution >= 4 is 8.80 Å². The molecule has 0 spiro atoms. The molecule has 1 rings (SSSR count). The highest BCUT2D eigenvalue weighted by Crippen LogP contribution is 2.24. The maximum absolute atomic E-state index is 6.19. The van der Waals surface area contributed by atoms with Gasteiger partial charge in [-0.3, -0.25) is 0 Å². The second-order valence-corrected chi connectivity index (χ2v) is 9.10. The van der Waals surface area contributed by atoms with Crippen LogP contribution in [0, 0.1) is 0 Å². The number of hydrogen-bond donors (Lipinski definition) is 0. The van der Waals surface area contributed by atoms with E-state index in [1.807, 2.05) is 47.6 Å². The molecule has 0 bridgehead atoms. The third kappa shape index (κ3) is 7.54. The van der Waals surface area contributed by atoms with Crippen LogP contribution >= 0.6 is 0 Å². The molecule has 1 aromatic carbocycles. The van der Waals surface area contributed by atoms with Crippen LogP contribution in [0.5, 0.6) is 0 Å². The van der Waals surface area contributed by atoms with Gasteiger partial charge in [0.2, 0.25) is 0 Å². The number of benzene rings is 1. The molecular weight excluding hydrogens is 292 g/mol. The maximum atomic E-state index is 6.19. The fourth-order valence-electron chi connectivity index (χ4n) is 2.49. The molecule has 0 aliphatic heterocycles. The van der Waals surface area contributed by atoms with Gasteiger partial charge in [-0.25, -0.2) is 0 Å². The summed E-state index contributed by atoms with van der Waals surface area (Å²) in [5.74, 6) is 0. The minimum Gasteiger partial charge on any atom is -0.371 e. The Balaban J connectivity index is 2.73. The summed E-state index contributed by atoms with van der Waals surface area (Å²) in [5.41, 5.74) is 1.35. The summed E-state index contributed by atoms with van der Waals surface area (Å²) in [7, 11) is -2.64. The summed E-state index contributed by atoms with van der Waals surface area (Å²) >= 11 is 0. The fraction of sp³-hybridized carbons (Fsp3) is 0.667. The molecule has 0 fully saturated rings. The average molecular weight is 325 g/mol. The fourth-order valence-corrected chi connectivity index (χ4v) is 5.78. The Kier molecular flexibility index (Phi) is 8.32. The largest absolute Gasteiger partial charge is 0.501 e. The molecule has 0 saturated heterocycles. The van der Waals surface area contributed by atoms with Crippen LogP contribution in [0.4, 0.5) is 0 Å². The molecule has 0 amide bonds. The molecule has 0 aromatic heterocycles. The zero-order valence-electron chi connectivity index (χ0n) is 15.0. The summed E-state index contributed by atoms with van der Waals surface area (Å²) in [5, 5.41) is 0. The van der Waals surface area contributed by atoms with E-state index < -0.39 is 8.80 Å². The average Bonchev–Trinajstić information content (AvgIpc) is 2.37. The van der Waals surface area contributed by atoms with Gasteiger partial charge >= 0.3 is 8.80 Å². The van der Waals surface area contributed by atoms with Gasteiger partial charge in [-0.15, -0.1) is 0 Å². The van der Waals surface area contributed by atoms with Crippen molar-refractivity contribution in [3.05, 3.63) is 35.9 Å².